The van der Waals surface area contributed by atoms with Crippen LogP contribution in [0.25, 0.3) is 11.1 Å². The van der Waals surface area contributed by atoms with Crippen LogP contribution in [0.2, 0.25) is 0 Å². The van der Waals surface area contributed by atoms with Crippen molar-refractivity contribution in [2.45, 2.75) is 11.5 Å². The zero-order chi connectivity index (χ0) is 14.0. The van der Waals surface area contributed by atoms with E-state index in [0.29, 0.717) is 15.4 Å². The molecule has 0 atom stereocenters. The largest absolute Gasteiger partial charge is 0.416 e. The lowest BCUT2D eigenvalue weighted by Crippen LogP contribution is -2.04. The molecule has 0 radical (unpaired) electrons. The van der Waals surface area contributed by atoms with Crippen molar-refractivity contribution in [3.05, 3.63) is 58.1 Å². The number of benzene rings is 2. The third-order valence-electron chi connectivity index (χ3n) is 2.64. The second-order valence-electron chi connectivity index (χ2n) is 4.06. The second-order valence-corrected chi connectivity index (χ2v) is 5.54. The lowest BCUT2D eigenvalue weighted by atomic mass is 10.0. The molecule has 0 N–H and O–H groups in total. The van der Waals surface area contributed by atoms with E-state index in [4.69, 9.17) is 0 Å². The van der Waals surface area contributed by atoms with Crippen molar-refractivity contribution in [2.24, 2.45) is 0 Å². The quantitative estimate of drug-likeness (QED) is 0.546. The molecular formula is C14H9Br2F3. The highest BCUT2D eigenvalue weighted by atomic mass is 79.9. The molecule has 2 aromatic carbocycles. The van der Waals surface area contributed by atoms with Gasteiger partial charge in [0.2, 0.25) is 0 Å². The summed E-state index contributed by atoms with van der Waals surface area (Å²) >= 11 is 6.46. The molecule has 0 spiro atoms. The maximum atomic E-state index is 12.8. The minimum absolute atomic E-state index is 0.418. The number of hydrogen-bond acceptors (Lipinski definition) is 0. The van der Waals surface area contributed by atoms with Gasteiger partial charge >= 0.3 is 6.18 Å². The van der Waals surface area contributed by atoms with Gasteiger partial charge in [-0.05, 0) is 34.9 Å². The fourth-order valence-corrected chi connectivity index (χ4v) is 2.60. The Morgan fingerprint density at radius 3 is 2.32 bits per heavy atom. The second kappa shape index (κ2) is 5.67. The van der Waals surface area contributed by atoms with Crippen molar-refractivity contribution in [2.75, 3.05) is 0 Å². The van der Waals surface area contributed by atoms with Crippen LogP contribution >= 0.6 is 31.9 Å². The molecule has 2 aromatic rings. The van der Waals surface area contributed by atoms with Crippen molar-refractivity contribution in [1.82, 2.24) is 0 Å². The summed E-state index contributed by atoms with van der Waals surface area (Å²) in [5.74, 6) is 0. The number of rotatable bonds is 2. The topological polar surface area (TPSA) is 0 Å². The smallest absolute Gasteiger partial charge is 0.166 e. The zero-order valence-electron chi connectivity index (χ0n) is 9.64. The molecule has 0 amide bonds. The highest BCUT2D eigenvalue weighted by molar-refractivity contribution is 9.10. The summed E-state index contributed by atoms with van der Waals surface area (Å²) in [5, 5.41) is 0.668. The molecule has 0 aliphatic carbocycles. The van der Waals surface area contributed by atoms with E-state index in [1.807, 2.05) is 18.2 Å². The maximum Gasteiger partial charge on any atom is 0.416 e. The van der Waals surface area contributed by atoms with Gasteiger partial charge in [-0.2, -0.15) is 13.2 Å². The summed E-state index contributed by atoms with van der Waals surface area (Å²) in [6.45, 7) is 0. The van der Waals surface area contributed by atoms with Crippen molar-refractivity contribution in [1.29, 1.82) is 0 Å². The average molecular weight is 394 g/mol. The first-order valence-electron chi connectivity index (χ1n) is 5.43. The van der Waals surface area contributed by atoms with Crippen molar-refractivity contribution in [3.8, 4) is 11.1 Å². The maximum absolute atomic E-state index is 12.8. The van der Waals surface area contributed by atoms with Crippen LogP contribution in [0, 0.1) is 0 Å². The van der Waals surface area contributed by atoms with Crippen LogP contribution < -0.4 is 0 Å². The van der Waals surface area contributed by atoms with Gasteiger partial charge in [0, 0.05) is 9.80 Å². The molecule has 0 saturated carbocycles. The van der Waals surface area contributed by atoms with E-state index >= 15 is 0 Å². The van der Waals surface area contributed by atoms with Gasteiger partial charge < -0.3 is 0 Å². The molecule has 0 saturated heterocycles. The first-order valence-corrected chi connectivity index (χ1v) is 7.34. The predicted molar refractivity (Wildman–Crippen MR) is 77.2 cm³/mol. The zero-order valence-corrected chi connectivity index (χ0v) is 12.8. The fourth-order valence-electron chi connectivity index (χ4n) is 1.75. The fraction of sp³-hybridized carbons (Fsp3) is 0.143. The van der Waals surface area contributed by atoms with Gasteiger partial charge in [0.25, 0.3) is 0 Å². The van der Waals surface area contributed by atoms with Gasteiger partial charge in [-0.25, -0.2) is 0 Å². The van der Waals surface area contributed by atoms with Crippen molar-refractivity contribution >= 4 is 31.9 Å². The minimum atomic E-state index is -4.34. The average Bonchev–Trinajstić information content (AvgIpc) is 2.37. The van der Waals surface area contributed by atoms with E-state index < -0.39 is 11.7 Å². The molecular weight excluding hydrogens is 385 g/mol. The highest BCUT2D eigenvalue weighted by Crippen LogP contribution is 2.35. The normalized spacial score (nSPS) is 11.6. The minimum Gasteiger partial charge on any atom is -0.166 e. The Morgan fingerprint density at radius 1 is 0.947 bits per heavy atom. The van der Waals surface area contributed by atoms with E-state index in [0.717, 1.165) is 23.3 Å². The summed E-state index contributed by atoms with van der Waals surface area (Å²) in [5.41, 5.74) is 1.68. The standard InChI is InChI=1S/C14H9Br2F3/c15-8-9-2-1-3-10(4-9)11-5-12(14(17,18)19)7-13(16)6-11/h1-7H,8H2. The van der Waals surface area contributed by atoms with Gasteiger partial charge in [0.15, 0.2) is 0 Å². The summed E-state index contributed by atoms with van der Waals surface area (Å²) in [6, 6.07) is 11.4. The molecule has 0 aromatic heterocycles. The molecule has 0 bridgehead atoms. The van der Waals surface area contributed by atoms with E-state index in [2.05, 4.69) is 31.9 Å². The first kappa shape index (κ1) is 14.6. The first-order chi connectivity index (χ1) is 8.90. The number of halogens is 5. The van der Waals surface area contributed by atoms with E-state index in [-0.39, 0.29) is 0 Å². The summed E-state index contributed by atoms with van der Waals surface area (Å²) in [4.78, 5) is 0. The van der Waals surface area contributed by atoms with Gasteiger partial charge in [-0.1, -0.05) is 56.1 Å². The predicted octanol–water partition coefficient (Wildman–Crippen LogP) is 6.03. The Morgan fingerprint density at radius 2 is 1.68 bits per heavy atom. The molecule has 5 heteroatoms. The summed E-state index contributed by atoms with van der Waals surface area (Å²) in [7, 11) is 0. The molecule has 100 valence electrons. The van der Waals surface area contributed by atoms with Crippen LogP contribution in [0.1, 0.15) is 11.1 Å². The van der Waals surface area contributed by atoms with Gasteiger partial charge in [-0.15, -0.1) is 0 Å². The van der Waals surface area contributed by atoms with Crippen molar-refractivity contribution in [3.63, 3.8) is 0 Å². The van der Waals surface area contributed by atoms with Gasteiger partial charge in [0.1, 0.15) is 0 Å². The molecule has 0 unspecified atom stereocenters. The van der Waals surface area contributed by atoms with Crippen molar-refractivity contribution < 1.29 is 13.2 Å². The van der Waals surface area contributed by atoms with E-state index in [9.17, 15) is 13.2 Å². The Kier molecular flexibility index (Phi) is 4.36. The number of hydrogen-bond donors (Lipinski definition) is 0. The monoisotopic (exact) mass is 392 g/mol. The molecule has 19 heavy (non-hydrogen) atoms. The lowest BCUT2D eigenvalue weighted by Gasteiger charge is -2.11. The summed E-state index contributed by atoms with van der Waals surface area (Å²) in [6.07, 6.45) is -4.34. The van der Waals surface area contributed by atoms with Gasteiger partial charge in [0.05, 0.1) is 5.56 Å². The SMILES string of the molecule is FC(F)(F)c1cc(Br)cc(-c2cccc(CBr)c2)c1. The third-order valence-corrected chi connectivity index (χ3v) is 3.75. The number of alkyl halides is 4. The van der Waals surface area contributed by atoms with Crippen LogP contribution in [0.15, 0.2) is 46.9 Å². The molecule has 2 rings (SSSR count). The Balaban J connectivity index is 2.53. The Hall–Kier alpha value is -0.810. The third kappa shape index (κ3) is 3.60. The highest BCUT2D eigenvalue weighted by Gasteiger charge is 2.31. The van der Waals surface area contributed by atoms with Crippen LogP contribution in [-0.2, 0) is 11.5 Å². The Labute approximate surface area is 125 Å². The molecule has 0 aliphatic heterocycles. The van der Waals surface area contributed by atoms with E-state index in [1.54, 1.807) is 12.1 Å². The molecule has 0 fully saturated rings. The molecule has 0 aliphatic rings. The molecule has 0 heterocycles. The van der Waals surface area contributed by atoms with Crippen LogP contribution in [0.4, 0.5) is 13.2 Å². The van der Waals surface area contributed by atoms with E-state index in [1.165, 1.54) is 0 Å². The molecule has 0 nitrogen and oxygen atoms in total. The van der Waals surface area contributed by atoms with Gasteiger partial charge in [-0.3, -0.25) is 0 Å². The Bertz CT molecular complexity index is 591. The lowest BCUT2D eigenvalue weighted by molar-refractivity contribution is -0.137. The van der Waals surface area contributed by atoms with Crippen LogP contribution in [0.3, 0.4) is 0 Å². The summed E-state index contributed by atoms with van der Waals surface area (Å²) < 4.78 is 38.8. The van der Waals surface area contributed by atoms with Crippen LogP contribution in [-0.4, -0.2) is 0 Å². The van der Waals surface area contributed by atoms with Crippen LogP contribution in [0.5, 0.6) is 0 Å².